The zero-order valence-corrected chi connectivity index (χ0v) is 12.6. The summed E-state index contributed by atoms with van der Waals surface area (Å²) in [5.41, 5.74) is 1.45. The predicted octanol–water partition coefficient (Wildman–Crippen LogP) is 2.91. The highest BCUT2D eigenvalue weighted by atomic mass is 79.9. The third kappa shape index (κ3) is 6.06. The largest absolute Gasteiger partial charge is 0.389 e. The van der Waals surface area contributed by atoms with Crippen LogP contribution < -0.4 is 5.32 Å². The zero-order chi connectivity index (χ0) is 14.1. The van der Waals surface area contributed by atoms with Crippen LogP contribution in [-0.2, 0) is 4.74 Å². The first-order valence-corrected chi connectivity index (χ1v) is 7.16. The van der Waals surface area contributed by atoms with E-state index in [0.717, 1.165) is 23.0 Å². The van der Waals surface area contributed by atoms with Crippen LogP contribution in [0.25, 0.3) is 0 Å². The van der Waals surface area contributed by atoms with Crippen LogP contribution in [-0.4, -0.2) is 31.0 Å². The Hall–Kier alpha value is -1.09. The summed E-state index contributed by atoms with van der Waals surface area (Å²) in [4.78, 5) is 0. The minimum Gasteiger partial charge on any atom is -0.389 e. The fourth-order valence-electron chi connectivity index (χ4n) is 1.48. The molecule has 1 rings (SSSR count). The van der Waals surface area contributed by atoms with Crippen LogP contribution in [0.1, 0.15) is 25.3 Å². The van der Waals surface area contributed by atoms with E-state index in [1.54, 1.807) is 12.1 Å². The number of aliphatic hydroxyl groups is 1. The fraction of sp³-hybridized carbons (Fsp3) is 0.500. The number of nitriles is 1. The van der Waals surface area contributed by atoms with Crippen LogP contribution in [0.2, 0.25) is 0 Å². The van der Waals surface area contributed by atoms with Gasteiger partial charge >= 0.3 is 0 Å². The van der Waals surface area contributed by atoms with E-state index in [1.165, 1.54) is 0 Å². The minimum atomic E-state index is -0.542. The number of hydrogen-bond donors (Lipinski definition) is 2. The van der Waals surface area contributed by atoms with Crippen molar-refractivity contribution in [3.8, 4) is 6.07 Å². The van der Waals surface area contributed by atoms with Gasteiger partial charge in [0.1, 0.15) is 0 Å². The molecule has 0 saturated carbocycles. The highest BCUT2D eigenvalue weighted by Crippen LogP contribution is 2.23. The normalized spacial score (nSPS) is 11.9. The standard InChI is InChI=1S/C14H19BrN2O2/c1-2-3-6-19-10-12(18)9-17-14-5-4-11(8-16)7-13(14)15/h4-5,7,12,17-18H,2-3,6,9-10H2,1H3. The lowest BCUT2D eigenvalue weighted by molar-refractivity contribution is 0.0421. The molecule has 0 aliphatic carbocycles. The maximum absolute atomic E-state index is 9.75. The number of rotatable bonds is 8. The quantitative estimate of drug-likeness (QED) is 0.721. The van der Waals surface area contributed by atoms with Gasteiger partial charge < -0.3 is 15.2 Å². The van der Waals surface area contributed by atoms with Crippen LogP contribution in [0.5, 0.6) is 0 Å². The van der Waals surface area contributed by atoms with Gasteiger partial charge in [0.05, 0.1) is 24.3 Å². The first kappa shape index (κ1) is 16.0. The molecular formula is C14H19BrN2O2. The second kappa shape index (κ2) is 8.92. The number of nitrogens with zero attached hydrogens (tertiary/aromatic N) is 1. The molecule has 0 amide bonds. The molecule has 104 valence electrons. The molecule has 1 unspecified atom stereocenters. The summed E-state index contributed by atoms with van der Waals surface area (Å²) in [6.45, 7) is 3.54. The molecule has 5 heteroatoms. The lowest BCUT2D eigenvalue weighted by Gasteiger charge is -2.14. The molecule has 0 aromatic heterocycles. The van der Waals surface area contributed by atoms with E-state index in [-0.39, 0.29) is 0 Å². The van der Waals surface area contributed by atoms with Crippen molar-refractivity contribution < 1.29 is 9.84 Å². The number of hydrogen-bond acceptors (Lipinski definition) is 4. The van der Waals surface area contributed by atoms with Crippen LogP contribution in [0.4, 0.5) is 5.69 Å². The second-order valence-corrected chi connectivity index (χ2v) is 5.12. The maximum atomic E-state index is 9.75. The number of benzene rings is 1. The lowest BCUT2D eigenvalue weighted by atomic mass is 10.2. The van der Waals surface area contributed by atoms with Crippen molar-refractivity contribution in [3.63, 3.8) is 0 Å². The van der Waals surface area contributed by atoms with Crippen molar-refractivity contribution in [2.75, 3.05) is 25.1 Å². The molecule has 0 fully saturated rings. The molecule has 1 aromatic rings. The Morgan fingerprint density at radius 2 is 2.32 bits per heavy atom. The molecule has 0 bridgehead atoms. The number of ether oxygens (including phenoxy) is 1. The molecule has 19 heavy (non-hydrogen) atoms. The van der Waals surface area contributed by atoms with Crippen LogP contribution >= 0.6 is 15.9 Å². The minimum absolute atomic E-state index is 0.334. The topological polar surface area (TPSA) is 65.3 Å². The van der Waals surface area contributed by atoms with Crippen molar-refractivity contribution in [1.29, 1.82) is 5.26 Å². The number of anilines is 1. The predicted molar refractivity (Wildman–Crippen MR) is 79.1 cm³/mol. The summed E-state index contributed by atoms with van der Waals surface area (Å²) in [7, 11) is 0. The van der Waals surface area contributed by atoms with E-state index in [0.29, 0.717) is 25.3 Å². The zero-order valence-electron chi connectivity index (χ0n) is 11.0. The third-order valence-electron chi connectivity index (χ3n) is 2.58. The Balaban J connectivity index is 2.34. The number of halogens is 1. The molecule has 1 atom stereocenters. The number of unbranched alkanes of at least 4 members (excludes halogenated alkanes) is 1. The first-order valence-electron chi connectivity index (χ1n) is 6.36. The highest BCUT2D eigenvalue weighted by Gasteiger charge is 2.06. The molecule has 1 aromatic carbocycles. The first-order chi connectivity index (χ1) is 9.17. The SMILES string of the molecule is CCCCOCC(O)CNc1ccc(C#N)cc1Br. The van der Waals surface area contributed by atoms with Crippen molar-refractivity contribution in [1.82, 2.24) is 0 Å². The Kier molecular flexibility index (Phi) is 7.49. The van der Waals surface area contributed by atoms with E-state index in [2.05, 4.69) is 34.2 Å². The van der Waals surface area contributed by atoms with Gasteiger partial charge in [-0.2, -0.15) is 5.26 Å². The summed E-state index contributed by atoms with van der Waals surface area (Å²) in [5.74, 6) is 0. The average molecular weight is 327 g/mol. The van der Waals surface area contributed by atoms with E-state index in [4.69, 9.17) is 10.00 Å². The fourth-order valence-corrected chi connectivity index (χ4v) is 2.00. The monoisotopic (exact) mass is 326 g/mol. The molecule has 0 spiro atoms. The van der Waals surface area contributed by atoms with Crippen molar-refractivity contribution >= 4 is 21.6 Å². The van der Waals surface area contributed by atoms with Crippen molar-refractivity contribution in [2.24, 2.45) is 0 Å². The van der Waals surface area contributed by atoms with Crippen LogP contribution in [0.3, 0.4) is 0 Å². The van der Waals surface area contributed by atoms with Gasteiger partial charge in [-0.1, -0.05) is 13.3 Å². The van der Waals surface area contributed by atoms with E-state index in [9.17, 15) is 5.11 Å². The molecular weight excluding hydrogens is 308 g/mol. The van der Waals surface area contributed by atoms with Gasteiger partial charge in [0.25, 0.3) is 0 Å². The molecule has 2 N–H and O–H groups in total. The molecule has 0 aliphatic heterocycles. The Labute approximate surface area is 122 Å². The molecule has 0 saturated heterocycles. The Bertz CT molecular complexity index is 432. The molecule has 4 nitrogen and oxygen atoms in total. The van der Waals surface area contributed by atoms with Gasteiger partial charge in [0, 0.05) is 23.3 Å². The molecule has 0 heterocycles. The van der Waals surface area contributed by atoms with Gasteiger partial charge in [-0.15, -0.1) is 0 Å². The van der Waals surface area contributed by atoms with Gasteiger partial charge in [-0.05, 0) is 40.5 Å². The second-order valence-electron chi connectivity index (χ2n) is 4.27. The Morgan fingerprint density at radius 1 is 1.53 bits per heavy atom. The average Bonchev–Trinajstić information content (AvgIpc) is 2.42. The smallest absolute Gasteiger partial charge is 0.0992 e. The van der Waals surface area contributed by atoms with Gasteiger partial charge in [-0.25, -0.2) is 0 Å². The van der Waals surface area contributed by atoms with Crippen LogP contribution in [0.15, 0.2) is 22.7 Å². The highest BCUT2D eigenvalue weighted by molar-refractivity contribution is 9.10. The summed E-state index contributed by atoms with van der Waals surface area (Å²) in [6, 6.07) is 7.36. The van der Waals surface area contributed by atoms with Crippen molar-refractivity contribution in [2.45, 2.75) is 25.9 Å². The Morgan fingerprint density at radius 3 is 2.95 bits per heavy atom. The maximum Gasteiger partial charge on any atom is 0.0992 e. The van der Waals surface area contributed by atoms with E-state index >= 15 is 0 Å². The van der Waals surface area contributed by atoms with E-state index < -0.39 is 6.10 Å². The van der Waals surface area contributed by atoms with Gasteiger partial charge in [-0.3, -0.25) is 0 Å². The molecule has 0 aliphatic rings. The van der Waals surface area contributed by atoms with Gasteiger partial charge in [0.15, 0.2) is 0 Å². The number of nitrogens with one attached hydrogen (secondary N) is 1. The lowest BCUT2D eigenvalue weighted by Crippen LogP contribution is -2.25. The molecule has 0 radical (unpaired) electrons. The van der Waals surface area contributed by atoms with Crippen LogP contribution in [0, 0.1) is 11.3 Å². The summed E-state index contributed by atoms with van der Waals surface area (Å²) >= 11 is 3.38. The van der Waals surface area contributed by atoms with Gasteiger partial charge in [0.2, 0.25) is 0 Å². The number of aliphatic hydroxyl groups excluding tert-OH is 1. The van der Waals surface area contributed by atoms with Crippen molar-refractivity contribution in [3.05, 3.63) is 28.2 Å². The summed E-state index contributed by atoms with van der Waals surface area (Å²) < 4.78 is 6.16. The van der Waals surface area contributed by atoms with E-state index in [1.807, 2.05) is 6.07 Å². The summed E-state index contributed by atoms with van der Waals surface area (Å²) in [5, 5.41) is 21.6. The third-order valence-corrected chi connectivity index (χ3v) is 3.23. The summed E-state index contributed by atoms with van der Waals surface area (Å²) in [6.07, 6.45) is 1.56.